The molecule has 0 aromatic rings. The van der Waals surface area contributed by atoms with E-state index in [0.717, 1.165) is 13.2 Å². The van der Waals surface area contributed by atoms with Crippen molar-refractivity contribution in [2.75, 3.05) is 46.1 Å². The zero-order valence-corrected chi connectivity index (χ0v) is 9.94. The maximum Gasteiger partial charge on any atom is 0.221 e. The van der Waals surface area contributed by atoms with Crippen LogP contribution < -0.4 is 10.6 Å². The molecule has 2 N–H and O–H groups in total. The summed E-state index contributed by atoms with van der Waals surface area (Å²) < 4.78 is 16.0. The van der Waals surface area contributed by atoms with Crippen LogP contribution in [0.2, 0.25) is 0 Å². The molecule has 0 saturated carbocycles. The van der Waals surface area contributed by atoms with Gasteiger partial charge in [-0.1, -0.05) is 0 Å². The second kappa shape index (κ2) is 6.90. The summed E-state index contributed by atoms with van der Waals surface area (Å²) in [4.78, 5) is 11.7. The Kier molecular flexibility index (Phi) is 5.18. The fourth-order valence-corrected chi connectivity index (χ4v) is 1.93. The van der Waals surface area contributed by atoms with Crippen LogP contribution in [0.1, 0.15) is 6.42 Å². The van der Waals surface area contributed by atoms with E-state index in [1.54, 1.807) is 0 Å². The molecule has 6 nitrogen and oxygen atoms in total. The van der Waals surface area contributed by atoms with E-state index in [1.807, 2.05) is 0 Å². The Balaban J connectivity index is 1.59. The van der Waals surface area contributed by atoms with Crippen LogP contribution in [0.4, 0.5) is 0 Å². The summed E-state index contributed by atoms with van der Waals surface area (Å²) in [6.45, 7) is 4.49. The van der Waals surface area contributed by atoms with Crippen LogP contribution in [0.25, 0.3) is 0 Å². The summed E-state index contributed by atoms with van der Waals surface area (Å²) in [5, 5.41) is 6.11. The predicted octanol–water partition coefficient (Wildman–Crippen LogP) is -1.10. The first kappa shape index (κ1) is 12.8. The number of hydrogen-bond donors (Lipinski definition) is 2. The molecule has 1 amide bonds. The standard InChI is InChI=1S/C11H20N2O4/c14-11(5-9-7-15-2-1-12-9)13-6-10-8-16-3-4-17-10/h9-10,12H,1-8H2,(H,13,14). The van der Waals surface area contributed by atoms with Crippen LogP contribution >= 0.6 is 0 Å². The minimum absolute atomic E-state index is 0.0109. The van der Waals surface area contributed by atoms with E-state index in [4.69, 9.17) is 14.2 Å². The van der Waals surface area contributed by atoms with Crippen molar-refractivity contribution in [1.29, 1.82) is 0 Å². The lowest BCUT2D eigenvalue weighted by Gasteiger charge is -2.25. The van der Waals surface area contributed by atoms with Gasteiger partial charge in [0.1, 0.15) is 0 Å². The topological polar surface area (TPSA) is 68.8 Å². The van der Waals surface area contributed by atoms with Gasteiger partial charge in [0.05, 0.1) is 39.1 Å². The summed E-state index contributed by atoms with van der Waals surface area (Å²) in [5.41, 5.74) is 0. The third-order valence-electron chi connectivity index (χ3n) is 2.84. The largest absolute Gasteiger partial charge is 0.378 e. The molecule has 2 saturated heterocycles. The molecule has 2 fully saturated rings. The molecule has 2 rings (SSSR count). The van der Waals surface area contributed by atoms with Crippen LogP contribution in [-0.2, 0) is 19.0 Å². The first-order valence-corrected chi connectivity index (χ1v) is 6.12. The SMILES string of the molecule is O=C(CC1COCCN1)NCC1COCCO1. The van der Waals surface area contributed by atoms with Crippen LogP contribution in [-0.4, -0.2) is 64.2 Å². The Hall–Kier alpha value is -0.690. The van der Waals surface area contributed by atoms with Crippen molar-refractivity contribution in [3.05, 3.63) is 0 Å². The van der Waals surface area contributed by atoms with E-state index < -0.39 is 0 Å². The Labute approximate surface area is 101 Å². The number of ether oxygens (including phenoxy) is 3. The van der Waals surface area contributed by atoms with E-state index in [0.29, 0.717) is 39.4 Å². The normalized spacial score (nSPS) is 29.9. The van der Waals surface area contributed by atoms with Crippen molar-refractivity contribution in [2.45, 2.75) is 18.6 Å². The van der Waals surface area contributed by atoms with Gasteiger partial charge in [0.2, 0.25) is 5.91 Å². The molecule has 2 atom stereocenters. The van der Waals surface area contributed by atoms with Crippen molar-refractivity contribution in [1.82, 2.24) is 10.6 Å². The molecule has 2 unspecified atom stereocenters. The number of hydrogen-bond acceptors (Lipinski definition) is 5. The van der Waals surface area contributed by atoms with Crippen molar-refractivity contribution in [3.8, 4) is 0 Å². The van der Waals surface area contributed by atoms with Gasteiger partial charge < -0.3 is 24.8 Å². The number of carbonyl (C=O) groups is 1. The van der Waals surface area contributed by atoms with Gasteiger partial charge in [-0.05, 0) is 0 Å². The van der Waals surface area contributed by atoms with Crippen molar-refractivity contribution < 1.29 is 19.0 Å². The van der Waals surface area contributed by atoms with E-state index in [-0.39, 0.29) is 18.1 Å². The molecule has 2 heterocycles. The van der Waals surface area contributed by atoms with E-state index in [9.17, 15) is 4.79 Å². The van der Waals surface area contributed by atoms with Gasteiger partial charge in [0, 0.05) is 25.6 Å². The Morgan fingerprint density at radius 1 is 1.24 bits per heavy atom. The Bertz CT molecular complexity index is 238. The number of amides is 1. The number of morpholine rings is 1. The number of carbonyl (C=O) groups excluding carboxylic acids is 1. The summed E-state index contributed by atoms with van der Waals surface area (Å²) in [5.74, 6) is 0.0298. The molecule has 0 spiro atoms. The molecule has 0 aliphatic carbocycles. The maximum atomic E-state index is 11.7. The molecular formula is C11H20N2O4. The number of nitrogens with one attached hydrogen (secondary N) is 2. The lowest BCUT2D eigenvalue weighted by molar-refractivity contribution is -0.125. The van der Waals surface area contributed by atoms with E-state index >= 15 is 0 Å². The smallest absolute Gasteiger partial charge is 0.221 e. The van der Waals surface area contributed by atoms with Gasteiger partial charge in [-0.2, -0.15) is 0 Å². The average Bonchev–Trinajstić information content (AvgIpc) is 2.39. The molecule has 2 aliphatic rings. The molecule has 2 aliphatic heterocycles. The van der Waals surface area contributed by atoms with E-state index in [1.165, 1.54) is 0 Å². The molecule has 0 bridgehead atoms. The van der Waals surface area contributed by atoms with Crippen LogP contribution in [0.5, 0.6) is 0 Å². The van der Waals surface area contributed by atoms with Crippen molar-refractivity contribution in [2.24, 2.45) is 0 Å². The lowest BCUT2D eigenvalue weighted by atomic mass is 10.2. The molecule has 6 heteroatoms. The minimum Gasteiger partial charge on any atom is -0.378 e. The quantitative estimate of drug-likeness (QED) is 0.657. The highest BCUT2D eigenvalue weighted by molar-refractivity contribution is 5.76. The second-order valence-corrected chi connectivity index (χ2v) is 4.30. The molecule has 0 aromatic carbocycles. The van der Waals surface area contributed by atoms with Gasteiger partial charge in [0.25, 0.3) is 0 Å². The van der Waals surface area contributed by atoms with Crippen LogP contribution in [0.3, 0.4) is 0 Å². The summed E-state index contributed by atoms with van der Waals surface area (Å²) in [7, 11) is 0. The van der Waals surface area contributed by atoms with Gasteiger partial charge >= 0.3 is 0 Å². The third-order valence-corrected chi connectivity index (χ3v) is 2.84. The van der Waals surface area contributed by atoms with E-state index in [2.05, 4.69) is 10.6 Å². The minimum atomic E-state index is -0.0109. The zero-order chi connectivity index (χ0) is 11.9. The zero-order valence-electron chi connectivity index (χ0n) is 9.94. The summed E-state index contributed by atoms with van der Waals surface area (Å²) in [6, 6.07) is 0.132. The molecular weight excluding hydrogens is 224 g/mol. The highest BCUT2D eigenvalue weighted by atomic mass is 16.6. The predicted molar refractivity (Wildman–Crippen MR) is 60.8 cm³/mol. The van der Waals surface area contributed by atoms with Crippen molar-refractivity contribution >= 4 is 5.91 Å². The molecule has 17 heavy (non-hydrogen) atoms. The monoisotopic (exact) mass is 244 g/mol. The fourth-order valence-electron chi connectivity index (χ4n) is 1.93. The van der Waals surface area contributed by atoms with Gasteiger partial charge in [-0.15, -0.1) is 0 Å². The highest BCUT2D eigenvalue weighted by Crippen LogP contribution is 2.01. The molecule has 98 valence electrons. The van der Waals surface area contributed by atoms with Gasteiger partial charge in [-0.3, -0.25) is 4.79 Å². The molecule has 0 radical (unpaired) electrons. The van der Waals surface area contributed by atoms with Crippen molar-refractivity contribution in [3.63, 3.8) is 0 Å². The molecule has 0 aromatic heterocycles. The summed E-state index contributed by atoms with van der Waals surface area (Å²) >= 11 is 0. The Morgan fingerprint density at radius 2 is 2.12 bits per heavy atom. The average molecular weight is 244 g/mol. The Morgan fingerprint density at radius 3 is 2.82 bits per heavy atom. The van der Waals surface area contributed by atoms with Crippen LogP contribution in [0, 0.1) is 0 Å². The second-order valence-electron chi connectivity index (χ2n) is 4.30. The fraction of sp³-hybridized carbons (Fsp3) is 0.909. The number of rotatable bonds is 4. The van der Waals surface area contributed by atoms with Crippen LogP contribution in [0.15, 0.2) is 0 Å². The van der Waals surface area contributed by atoms with Gasteiger partial charge in [0.15, 0.2) is 0 Å². The summed E-state index contributed by atoms with van der Waals surface area (Å²) in [6.07, 6.45) is 0.441. The highest BCUT2D eigenvalue weighted by Gasteiger charge is 2.19. The lowest BCUT2D eigenvalue weighted by Crippen LogP contribution is -2.46. The first-order chi connectivity index (χ1) is 8.34. The first-order valence-electron chi connectivity index (χ1n) is 6.12. The third kappa shape index (κ3) is 4.59. The maximum absolute atomic E-state index is 11.7. The van der Waals surface area contributed by atoms with Gasteiger partial charge in [-0.25, -0.2) is 0 Å².